The topological polar surface area (TPSA) is 80.3 Å². The lowest BCUT2D eigenvalue weighted by Crippen LogP contribution is -2.28. The zero-order valence-corrected chi connectivity index (χ0v) is 10.4. The number of rotatable bonds is 5. The maximum Gasteiger partial charge on any atom is 0.330 e. The maximum atomic E-state index is 11.3. The van der Waals surface area contributed by atoms with Crippen molar-refractivity contribution in [1.29, 1.82) is 0 Å². The first-order chi connectivity index (χ1) is 8.63. The Bertz CT molecular complexity index is 463. The van der Waals surface area contributed by atoms with Crippen molar-refractivity contribution < 1.29 is 14.3 Å². The van der Waals surface area contributed by atoms with Crippen LogP contribution in [-0.2, 0) is 14.3 Å². The van der Waals surface area contributed by atoms with Gasteiger partial charge >= 0.3 is 5.97 Å². The smallest absolute Gasteiger partial charge is 0.330 e. The van der Waals surface area contributed by atoms with Gasteiger partial charge in [0.2, 0.25) is 0 Å². The van der Waals surface area contributed by atoms with Crippen molar-refractivity contribution in [3.63, 3.8) is 0 Å². The number of hydrazine groups is 1. The van der Waals surface area contributed by atoms with E-state index in [1.807, 2.05) is 0 Å². The number of hydrogen-bond donors (Lipinski definition) is 2. The standard InChI is InChI=1S/C11H12ClN3O3/c1-2-18-10(17)6-5-9(16)14-15-11-8(12)4-3-7-13-11/h3-7H,2H2,1H3,(H,13,15)(H,14,16)/b6-5+. The monoisotopic (exact) mass is 269 g/mol. The average Bonchev–Trinajstić information content (AvgIpc) is 2.36. The Balaban J connectivity index is 2.42. The number of nitrogens with one attached hydrogen (secondary N) is 2. The van der Waals surface area contributed by atoms with E-state index in [1.165, 1.54) is 6.20 Å². The van der Waals surface area contributed by atoms with E-state index in [2.05, 4.69) is 20.6 Å². The molecule has 18 heavy (non-hydrogen) atoms. The van der Waals surface area contributed by atoms with Crippen molar-refractivity contribution >= 4 is 29.3 Å². The van der Waals surface area contributed by atoms with Crippen molar-refractivity contribution in [1.82, 2.24) is 10.4 Å². The fourth-order valence-electron chi connectivity index (χ4n) is 0.974. The lowest BCUT2D eigenvalue weighted by atomic mass is 10.4. The number of carbonyl (C=O) groups is 2. The van der Waals surface area contributed by atoms with E-state index in [9.17, 15) is 9.59 Å². The Hall–Kier alpha value is -2.08. The molecule has 2 N–H and O–H groups in total. The van der Waals surface area contributed by atoms with Gasteiger partial charge in [-0.3, -0.25) is 15.6 Å². The van der Waals surface area contributed by atoms with Crippen LogP contribution in [0.1, 0.15) is 6.92 Å². The molecule has 0 saturated carbocycles. The third kappa shape index (κ3) is 4.84. The van der Waals surface area contributed by atoms with Gasteiger partial charge in [-0.2, -0.15) is 0 Å². The van der Waals surface area contributed by atoms with Gasteiger partial charge in [0.1, 0.15) is 0 Å². The lowest BCUT2D eigenvalue weighted by Gasteiger charge is -2.06. The van der Waals surface area contributed by atoms with Crippen LogP contribution >= 0.6 is 11.6 Å². The van der Waals surface area contributed by atoms with Crippen LogP contribution in [0.15, 0.2) is 30.5 Å². The minimum atomic E-state index is -0.580. The van der Waals surface area contributed by atoms with Gasteiger partial charge < -0.3 is 4.74 Å². The van der Waals surface area contributed by atoms with E-state index in [1.54, 1.807) is 19.1 Å². The summed E-state index contributed by atoms with van der Waals surface area (Å²) in [5.74, 6) is -0.787. The van der Waals surface area contributed by atoms with Gasteiger partial charge in [-0.25, -0.2) is 9.78 Å². The van der Waals surface area contributed by atoms with E-state index >= 15 is 0 Å². The summed E-state index contributed by atoms with van der Waals surface area (Å²) >= 11 is 5.81. The first kappa shape index (κ1) is 14.0. The molecule has 1 aromatic heterocycles. The normalized spacial score (nSPS) is 10.1. The lowest BCUT2D eigenvalue weighted by molar-refractivity contribution is -0.137. The Morgan fingerprint density at radius 1 is 1.50 bits per heavy atom. The number of pyridine rings is 1. The van der Waals surface area contributed by atoms with E-state index in [4.69, 9.17) is 11.6 Å². The third-order valence-corrected chi connectivity index (χ3v) is 2.02. The molecule has 96 valence electrons. The largest absolute Gasteiger partial charge is 0.463 e. The number of esters is 1. The van der Waals surface area contributed by atoms with E-state index < -0.39 is 11.9 Å². The molecule has 0 aliphatic heterocycles. The zero-order chi connectivity index (χ0) is 13.4. The molecular weight excluding hydrogens is 258 g/mol. The fraction of sp³-hybridized carbons (Fsp3) is 0.182. The van der Waals surface area contributed by atoms with Gasteiger partial charge in [0.25, 0.3) is 5.91 Å². The van der Waals surface area contributed by atoms with Crippen molar-refractivity contribution in [3.05, 3.63) is 35.5 Å². The van der Waals surface area contributed by atoms with Gasteiger partial charge in [-0.1, -0.05) is 11.6 Å². The van der Waals surface area contributed by atoms with Crippen LogP contribution in [0.4, 0.5) is 5.82 Å². The van der Waals surface area contributed by atoms with Crippen molar-refractivity contribution in [2.24, 2.45) is 0 Å². The molecule has 0 atom stereocenters. The molecule has 1 amide bonds. The molecule has 0 saturated heterocycles. The number of carbonyl (C=O) groups excluding carboxylic acids is 2. The van der Waals surface area contributed by atoms with Gasteiger partial charge in [0.05, 0.1) is 11.6 Å². The molecular formula is C11H12ClN3O3. The van der Waals surface area contributed by atoms with Gasteiger partial charge in [-0.05, 0) is 19.1 Å². The molecule has 1 rings (SSSR count). The number of amides is 1. The summed E-state index contributed by atoms with van der Waals surface area (Å²) in [6, 6.07) is 3.29. The van der Waals surface area contributed by atoms with Crippen molar-refractivity contribution in [2.45, 2.75) is 6.92 Å². The molecule has 0 aliphatic carbocycles. The quantitative estimate of drug-likeness (QED) is 0.478. The Morgan fingerprint density at radius 2 is 2.28 bits per heavy atom. The first-order valence-corrected chi connectivity index (χ1v) is 5.52. The van der Waals surface area contributed by atoms with Crippen LogP contribution in [0, 0.1) is 0 Å². The molecule has 0 fully saturated rings. The second-order valence-corrected chi connectivity index (χ2v) is 3.44. The summed E-state index contributed by atoms with van der Waals surface area (Å²) in [6.07, 6.45) is 3.59. The van der Waals surface area contributed by atoms with Gasteiger partial charge in [0.15, 0.2) is 5.82 Å². The molecule has 0 unspecified atom stereocenters. The van der Waals surface area contributed by atoms with Crippen LogP contribution in [-0.4, -0.2) is 23.5 Å². The highest BCUT2D eigenvalue weighted by Crippen LogP contribution is 2.15. The highest BCUT2D eigenvalue weighted by atomic mass is 35.5. The third-order valence-electron chi connectivity index (χ3n) is 1.72. The molecule has 0 aliphatic rings. The maximum absolute atomic E-state index is 11.3. The Morgan fingerprint density at radius 3 is 2.94 bits per heavy atom. The van der Waals surface area contributed by atoms with E-state index in [-0.39, 0.29) is 6.61 Å². The summed E-state index contributed by atoms with van der Waals surface area (Å²) in [4.78, 5) is 26.1. The number of aromatic nitrogens is 1. The number of ether oxygens (including phenoxy) is 1. The number of halogens is 1. The molecule has 6 nitrogen and oxygen atoms in total. The number of hydrogen-bond acceptors (Lipinski definition) is 5. The molecule has 0 aromatic carbocycles. The van der Waals surface area contributed by atoms with Gasteiger partial charge in [0, 0.05) is 18.3 Å². The summed E-state index contributed by atoms with van der Waals surface area (Å²) in [5.41, 5.74) is 4.83. The highest BCUT2D eigenvalue weighted by molar-refractivity contribution is 6.32. The van der Waals surface area contributed by atoms with Crippen molar-refractivity contribution in [3.8, 4) is 0 Å². The second kappa shape index (κ2) is 7.29. The van der Waals surface area contributed by atoms with E-state index in [0.29, 0.717) is 10.8 Å². The predicted octanol–water partition coefficient (Wildman–Crippen LogP) is 1.30. The molecule has 7 heteroatoms. The summed E-state index contributed by atoms with van der Waals surface area (Å²) in [5, 5.41) is 0.368. The molecule has 0 bridgehead atoms. The summed E-state index contributed by atoms with van der Waals surface area (Å²) in [6.45, 7) is 1.93. The van der Waals surface area contributed by atoms with Crippen LogP contribution in [0.5, 0.6) is 0 Å². The fourth-order valence-corrected chi connectivity index (χ4v) is 1.14. The molecule has 1 heterocycles. The number of nitrogens with zero attached hydrogens (tertiary/aromatic N) is 1. The highest BCUT2D eigenvalue weighted by Gasteiger charge is 2.01. The molecule has 0 radical (unpaired) electrons. The molecule has 0 spiro atoms. The zero-order valence-electron chi connectivity index (χ0n) is 9.64. The van der Waals surface area contributed by atoms with Crippen LogP contribution < -0.4 is 10.9 Å². The predicted molar refractivity (Wildman–Crippen MR) is 66.8 cm³/mol. The van der Waals surface area contributed by atoms with Crippen LogP contribution in [0.2, 0.25) is 5.02 Å². The first-order valence-electron chi connectivity index (χ1n) is 5.14. The van der Waals surface area contributed by atoms with Gasteiger partial charge in [-0.15, -0.1) is 0 Å². The molecule has 1 aromatic rings. The van der Waals surface area contributed by atoms with Crippen LogP contribution in [0.3, 0.4) is 0 Å². The van der Waals surface area contributed by atoms with Crippen LogP contribution in [0.25, 0.3) is 0 Å². The van der Waals surface area contributed by atoms with E-state index in [0.717, 1.165) is 12.2 Å². The van der Waals surface area contributed by atoms with Crippen molar-refractivity contribution in [2.75, 3.05) is 12.0 Å². The summed E-state index contributed by atoms with van der Waals surface area (Å²) < 4.78 is 4.61. The minimum Gasteiger partial charge on any atom is -0.463 e. The number of anilines is 1. The second-order valence-electron chi connectivity index (χ2n) is 3.03. The Labute approximate surface area is 109 Å². The Kier molecular flexibility index (Phi) is 5.66. The minimum absolute atomic E-state index is 0.257. The average molecular weight is 270 g/mol. The summed E-state index contributed by atoms with van der Waals surface area (Å²) in [7, 11) is 0. The SMILES string of the molecule is CCOC(=O)/C=C/C(=O)NNc1ncccc1Cl.